The Kier molecular flexibility index (Phi) is 3.16. The van der Waals surface area contributed by atoms with Crippen molar-refractivity contribution in [2.45, 2.75) is 13.3 Å². The summed E-state index contributed by atoms with van der Waals surface area (Å²) in [6.07, 6.45) is 2.78. The summed E-state index contributed by atoms with van der Waals surface area (Å²) in [7, 11) is 0. The van der Waals surface area contributed by atoms with Gasteiger partial charge in [0.05, 0.1) is 0 Å². The summed E-state index contributed by atoms with van der Waals surface area (Å²) in [6.45, 7) is 3.06. The SMILES string of the molecule is CC(=O)N1CC=C(OI)CC1. The van der Waals surface area contributed by atoms with Crippen molar-refractivity contribution in [2.24, 2.45) is 0 Å². The second-order valence-corrected chi connectivity index (χ2v) is 2.90. The average Bonchev–Trinajstić information content (AvgIpc) is 2.05. The van der Waals surface area contributed by atoms with Crippen LogP contribution in [0.5, 0.6) is 0 Å². The van der Waals surface area contributed by atoms with Crippen LogP contribution in [0.2, 0.25) is 0 Å². The highest BCUT2D eigenvalue weighted by Crippen LogP contribution is 2.14. The van der Waals surface area contributed by atoms with Crippen LogP contribution in [-0.2, 0) is 7.86 Å². The second-order valence-electron chi connectivity index (χ2n) is 2.46. The monoisotopic (exact) mass is 267 g/mol. The van der Waals surface area contributed by atoms with Gasteiger partial charge in [0.1, 0.15) is 5.76 Å². The van der Waals surface area contributed by atoms with Gasteiger partial charge in [-0.3, -0.25) is 4.79 Å². The largest absolute Gasteiger partial charge is 0.432 e. The van der Waals surface area contributed by atoms with E-state index >= 15 is 0 Å². The molecule has 0 fully saturated rings. The van der Waals surface area contributed by atoms with Crippen LogP contribution in [0.1, 0.15) is 13.3 Å². The van der Waals surface area contributed by atoms with Crippen molar-refractivity contribution in [1.82, 2.24) is 4.90 Å². The van der Waals surface area contributed by atoms with E-state index in [-0.39, 0.29) is 5.91 Å². The first-order valence-electron chi connectivity index (χ1n) is 3.47. The summed E-state index contributed by atoms with van der Waals surface area (Å²) in [6, 6.07) is 0. The molecule has 0 radical (unpaired) electrons. The van der Waals surface area contributed by atoms with E-state index in [1.54, 1.807) is 11.8 Å². The predicted octanol–water partition coefficient (Wildman–Crippen LogP) is 1.49. The molecule has 0 aliphatic carbocycles. The van der Waals surface area contributed by atoms with E-state index in [4.69, 9.17) is 3.07 Å². The number of rotatable bonds is 1. The Morgan fingerprint density at radius 1 is 1.82 bits per heavy atom. The van der Waals surface area contributed by atoms with E-state index in [2.05, 4.69) is 0 Å². The molecule has 0 aromatic carbocycles. The minimum Gasteiger partial charge on any atom is -0.432 e. The van der Waals surface area contributed by atoms with Crippen molar-refractivity contribution in [3.05, 3.63) is 11.8 Å². The fourth-order valence-electron chi connectivity index (χ4n) is 1.01. The van der Waals surface area contributed by atoms with Crippen LogP contribution in [-0.4, -0.2) is 23.9 Å². The second kappa shape index (κ2) is 3.94. The molecule has 0 saturated heterocycles. The van der Waals surface area contributed by atoms with Crippen molar-refractivity contribution in [3.63, 3.8) is 0 Å². The average molecular weight is 267 g/mol. The third-order valence-electron chi connectivity index (χ3n) is 1.71. The molecule has 0 aromatic rings. The molecular formula is C7H10INO2. The van der Waals surface area contributed by atoms with E-state index in [0.717, 1.165) is 18.7 Å². The minimum absolute atomic E-state index is 0.133. The Hall–Kier alpha value is -0.260. The summed E-state index contributed by atoms with van der Waals surface area (Å²) in [5.74, 6) is 1.11. The van der Waals surface area contributed by atoms with Gasteiger partial charge in [0.25, 0.3) is 0 Å². The smallest absolute Gasteiger partial charge is 0.219 e. The normalized spacial score (nSPS) is 17.6. The minimum atomic E-state index is 0.133. The molecule has 0 unspecified atom stereocenters. The zero-order valence-corrected chi connectivity index (χ0v) is 8.50. The van der Waals surface area contributed by atoms with Gasteiger partial charge in [-0.15, -0.1) is 0 Å². The molecule has 3 nitrogen and oxygen atoms in total. The van der Waals surface area contributed by atoms with Crippen LogP contribution in [0, 0.1) is 0 Å². The number of carbonyl (C=O) groups excluding carboxylic acids is 1. The topological polar surface area (TPSA) is 29.5 Å². The summed E-state index contributed by atoms with van der Waals surface area (Å²) in [5, 5.41) is 0. The van der Waals surface area contributed by atoms with Gasteiger partial charge in [-0.05, 0) is 6.08 Å². The molecule has 0 atom stereocenters. The van der Waals surface area contributed by atoms with Crippen LogP contribution in [0.3, 0.4) is 0 Å². The zero-order chi connectivity index (χ0) is 8.27. The standard InChI is InChI=1S/C7H10INO2/c1-6(10)9-4-2-7(11-8)3-5-9/h2H,3-5H2,1H3. The Morgan fingerprint density at radius 2 is 2.55 bits per heavy atom. The fourth-order valence-corrected chi connectivity index (χ4v) is 1.41. The number of hydrogen-bond donors (Lipinski definition) is 0. The molecule has 11 heavy (non-hydrogen) atoms. The van der Waals surface area contributed by atoms with Crippen molar-refractivity contribution in [3.8, 4) is 0 Å². The Labute approximate surface area is 80.1 Å². The van der Waals surface area contributed by atoms with Gasteiger partial charge in [-0.1, -0.05) is 0 Å². The zero-order valence-electron chi connectivity index (χ0n) is 6.34. The summed E-state index contributed by atoms with van der Waals surface area (Å²) in [4.78, 5) is 12.6. The van der Waals surface area contributed by atoms with Crippen LogP contribution >= 0.6 is 23.0 Å². The molecule has 0 N–H and O–H groups in total. The molecule has 62 valence electrons. The third kappa shape index (κ3) is 2.36. The van der Waals surface area contributed by atoms with Crippen LogP contribution in [0.4, 0.5) is 0 Å². The fraction of sp³-hybridized carbons (Fsp3) is 0.571. The quantitative estimate of drug-likeness (QED) is 0.673. The molecule has 0 bridgehead atoms. The number of halogens is 1. The van der Waals surface area contributed by atoms with Gasteiger partial charge in [-0.2, -0.15) is 0 Å². The number of nitrogens with zero attached hydrogens (tertiary/aromatic N) is 1. The maximum absolute atomic E-state index is 10.8. The number of hydrogen-bond acceptors (Lipinski definition) is 2. The first-order chi connectivity index (χ1) is 5.24. The van der Waals surface area contributed by atoms with E-state index in [1.807, 2.05) is 29.1 Å². The molecule has 1 aliphatic rings. The Bertz CT molecular complexity index is 191. The van der Waals surface area contributed by atoms with Gasteiger partial charge in [-0.25, -0.2) is 0 Å². The van der Waals surface area contributed by atoms with E-state index < -0.39 is 0 Å². The molecule has 1 heterocycles. The van der Waals surface area contributed by atoms with E-state index in [9.17, 15) is 4.79 Å². The molecule has 4 heteroatoms. The van der Waals surface area contributed by atoms with Crippen molar-refractivity contribution < 1.29 is 7.86 Å². The van der Waals surface area contributed by atoms with E-state index in [0.29, 0.717) is 6.54 Å². The molecule has 1 rings (SSSR count). The van der Waals surface area contributed by atoms with Gasteiger partial charge in [0.2, 0.25) is 5.91 Å². The lowest BCUT2D eigenvalue weighted by Gasteiger charge is -2.23. The number of carbonyl (C=O) groups is 1. The van der Waals surface area contributed by atoms with Gasteiger partial charge >= 0.3 is 0 Å². The highest BCUT2D eigenvalue weighted by atomic mass is 127. The van der Waals surface area contributed by atoms with Crippen molar-refractivity contribution >= 4 is 28.9 Å². The van der Waals surface area contributed by atoms with Crippen molar-refractivity contribution in [1.29, 1.82) is 0 Å². The van der Waals surface area contributed by atoms with E-state index in [1.165, 1.54) is 0 Å². The van der Waals surface area contributed by atoms with Crippen LogP contribution in [0.15, 0.2) is 11.8 Å². The summed E-state index contributed by atoms with van der Waals surface area (Å²) >= 11 is 1.86. The molecule has 1 amide bonds. The first-order valence-corrected chi connectivity index (χ1v) is 4.35. The number of amides is 1. The molecule has 0 aromatic heterocycles. The molecule has 1 aliphatic heterocycles. The lowest BCUT2D eigenvalue weighted by Crippen LogP contribution is -2.32. The maximum Gasteiger partial charge on any atom is 0.219 e. The molecule has 0 spiro atoms. The molecule has 0 saturated carbocycles. The first kappa shape index (κ1) is 8.83. The van der Waals surface area contributed by atoms with Crippen molar-refractivity contribution in [2.75, 3.05) is 13.1 Å². The highest BCUT2D eigenvalue weighted by molar-refractivity contribution is 14.1. The Morgan fingerprint density at radius 3 is 2.91 bits per heavy atom. The van der Waals surface area contributed by atoms with Gasteiger partial charge in [0.15, 0.2) is 23.0 Å². The maximum atomic E-state index is 10.8. The highest BCUT2D eigenvalue weighted by Gasteiger charge is 2.13. The predicted molar refractivity (Wildman–Crippen MR) is 50.1 cm³/mol. The van der Waals surface area contributed by atoms with Gasteiger partial charge in [0, 0.05) is 26.4 Å². The summed E-state index contributed by atoms with van der Waals surface area (Å²) < 4.78 is 5.01. The third-order valence-corrected chi connectivity index (χ3v) is 2.28. The Balaban J connectivity index is 2.47. The van der Waals surface area contributed by atoms with Gasteiger partial charge < -0.3 is 7.97 Å². The molecular weight excluding hydrogens is 257 g/mol. The van der Waals surface area contributed by atoms with Crippen LogP contribution in [0.25, 0.3) is 0 Å². The lowest BCUT2D eigenvalue weighted by molar-refractivity contribution is -0.128. The summed E-state index contributed by atoms with van der Waals surface area (Å²) in [5.41, 5.74) is 0. The van der Waals surface area contributed by atoms with Crippen LogP contribution < -0.4 is 0 Å². The lowest BCUT2D eigenvalue weighted by atomic mass is 10.2.